The molecule has 4 rings (SSSR count). The molecule has 0 aliphatic carbocycles. The normalized spacial score (nSPS) is 10.7. The number of aromatic nitrogens is 3. The molecule has 0 spiro atoms. The number of aromatic hydroxyl groups is 1. The molecule has 30 heavy (non-hydrogen) atoms. The Bertz CT molecular complexity index is 1110. The van der Waals surface area contributed by atoms with E-state index in [1.54, 1.807) is 24.3 Å². The van der Waals surface area contributed by atoms with E-state index in [0.29, 0.717) is 11.0 Å². The maximum absolute atomic E-state index is 12.2. The lowest BCUT2D eigenvalue weighted by atomic mass is 10.2. The predicted octanol–water partition coefficient (Wildman–Crippen LogP) is 4.48. The summed E-state index contributed by atoms with van der Waals surface area (Å²) < 4.78 is 7.25. The number of phenols is 1. The fourth-order valence-electron chi connectivity index (χ4n) is 2.87. The largest absolute Gasteiger partial charge is 0.508 e. The first-order valence-electron chi connectivity index (χ1n) is 9.33. The number of benzene rings is 3. The number of phenolic OH excluding ortho intramolecular Hbond substituents is 1. The second-order valence-electron chi connectivity index (χ2n) is 6.46. The third-order valence-corrected chi connectivity index (χ3v) is 5.24. The molecule has 0 saturated carbocycles. The number of hydrogen-bond donors (Lipinski definition) is 1. The molecule has 0 atom stereocenters. The number of thioether (sulfide) groups is 1. The molecule has 0 amide bonds. The number of ether oxygens (including phenoxy) is 1. The Morgan fingerprint density at radius 2 is 1.57 bits per heavy atom. The van der Waals surface area contributed by atoms with Crippen LogP contribution in [0.2, 0.25) is 0 Å². The highest BCUT2D eigenvalue weighted by atomic mass is 32.2. The fourth-order valence-corrected chi connectivity index (χ4v) is 3.62. The van der Waals surface area contributed by atoms with Crippen LogP contribution in [0.5, 0.6) is 5.75 Å². The van der Waals surface area contributed by atoms with Crippen LogP contribution in [0.25, 0.3) is 17.1 Å². The van der Waals surface area contributed by atoms with Crippen LogP contribution >= 0.6 is 11.8 Å². The Morgan fingerprint density at radius 3 is 2.27 bits per heavy atom. The van der Waals surface area contributed by atoms with Gasteiger partial charge in [-0.15, -0.1) is 10.2 Å². The minimum absolute atomic E-state index is 0.118. The topological polar surface area (TPSA) is 77.2 Å². The number of esters is 1. The van der Waals surface area contributed by atoms with E-state index in [1.807, 2.05) is 65.2 Å². The number of rotatable bonds is 7. The van der Waals surface area contributed by atoms with Crippen LogP contribution in [0.4, 0.5) is 0 Å². The second-order valence-corrected chi connectivity index (χ2v) is 7.40. The molecule has 1 N–H and O–H groups in total. The van der Waals surface area contributed by atoms with Gasteiger partial charge in [-0.25, -0.2) is 0 Å². The maximum atomic E-state index is 12.2. The summed E-state index contributed by atoms with van der Waals surface area (Å²) in [6.45, 7) is 0.240. The second kappa shape index (κ2) is 9.28. The predicted molar refractivity (Wildman–Crippen MR) is 115 cm³/mol. The zero-order valence-electron chi connectivity index (χ0n) is 16.0. The molecule has 150 valence electrons. The Balaban J connectivity index is 1.53. The lowest BCUT2D eigenvalue weighted by Crippen LogP contribution is -2.08. The first-order valence-corrected chi connectivity index (χ1v) is 10.3. The van der Waals surface area contributed by atoms with Crippen LogP contribution in [-0.4, -0.2) is 31.6 Å². The molecule has 7 heteroatoms. The third-order valence-electron chi connectivity index (χ3n) is 4.34. The first-order chi connectivity index (χ1) is 14.7. The molecule has 4 aromatic rings. The minimum Gasteiger partial charge on any atom is -0.508 e. The zero-order valence-corrected chi connectivity index (χ0v) is 16.8. The van der Waals surface area contributed by atoms with Crippen molar-refractivity contribution in [2.45, 2.75) is 11.8 Å². The summed E-state index contributed by atoms with van der Waals surface area (Å²) in [5, 5.41) is 18.8. The van der Waals surface area contributed by atoms with Gasteiger partial charge in [0.2, 0.25) is 0 Å². The van der Waals surface area contributed by atoms with Gasteiger partial charge in [0.25, 0.3) is 0 Å². The van der Waals surface area contributed by atoms with Crippen LogP contribution in [0.1, 0.15) is 5.56 Å². The molecule has 0 aliphatic rings. The standard InChI is InChI=1S/C23H19N3O3S/c27-20-13-11-18(12-14-20)22-24-25-23(26(22)19-9-5-2-6-10-19)30-16-21(28)29-15-17-7-3-1-4-8-17/h1-14,27H,15-16H2. The van der Waals surface area contributed by atoms with Gasteiger partial charge in [-0.2, -0.15) is 0 Å². The van der Waals surface area contributed by atoms with Crippen molar-refractivity contribution in [1.29, 1.82) is 0 Å². The van der Waals surface area contributed by atoms with Crippen molar-refractivity contribution < 1.29 is 14.6 Å². The van der Waals surface area contributed by atoms with E-state index in [4.69, 9.17) is 4.74 Å². The van der Waals surface area contributed by atoms with Gasteiger partial charge in [0, 0.05) is 11.3 Å². The van der Waals surface area contributed by atoms with Crippen LogP contribution in [0, 0.1) is 0 Å². The van der Waals surface area contributed by atoms with Crippen molar-refractivity contribution in [3.8, 4) is 22.8 Å². The van der Waals surface area contributed by atoms with Crippen molar-refractivity contribution in [3.63, 3.8) is 0 Å². The quantitative estimate of drug-likeness (QED) is 0.353. The third kappa shape index (κ3) is 4.69. The van der Waals surface area contributed by atoms with E-state index in [-0.39, 0.29) is 24.1 Å². The van der Waals surface area contributed by atoms with Gasteiger partial charge in [-0.3, -0.25) is 9.36 Å². The molecule has 0 aliphatic heterocycles. The van der Waals surface area contributed by atoms with Crippen LogP contribution in [0.3, 0.4) is 0 Å². The van der Waals surface area contributed by atoms with E-state index in [9.17, 15) is 9.90 Å². The van der Waals surface area contributed by atoms with Crippen molar-refractivity contribution in [1.82, 2.24) is 14.8 Å². The number of carbonyl (C=O) groups is 1. The maximum Gasteiger partial charge on any atom is 0.316 e. The van der Waals surface area contributed by atoms with Gasteiger partial charge in [-0.1, -0.05) is 60.3 Å². The van der Waals surface area contributed by atoms with Gasteiger partial charge < -0.3 is 9.84 Å². The molecule has 0 unspecified atom stereocenters. The molecule has 6 nitrogen and oxygen atoms in total. The minimum atomic E-state index is -0.322. The Hall–Kier alpha value is -3.58. The summed E-state index contributed by atoms with van der Waals surface area (Å²) in [4.78, 5) is 12.2. The van der Waals surface area contributed by atoms with E-state index >= 15 is 0 Å². The van der Waals surface area contributed by atoms with E-state index in [1.165, 1.54) is 11.8 Å². The van der Waals surface area contributed by atoms with Gasteiger partial charge in [0.15, 0.2) is 11.0 Å². The Labute approximate surface area is 178 Å². The SMILES string of the molecule is O=C(CSc1nnc(-c2ccc(O)cc2)n1-c1ccccc1)OCc1ccccc1. The molecule has 0 radical (unpaired) electrons. The van der Waals surface area contributed by atoms with E-state index in [0.717, 1.165) is 16.8 Å². The Morgan fingerprint density at radius 1 is 0.900 bits per heavy atom. The lowest BCUT2D eigenvalue weighted by molar-refractivity contribution is -0.141. The van der Waals surface area contributed by atoms with Gasteiger partial charge in [-0.05, 0) is 42.0 Å². The summed E-state index contributed by atoms with van der Waals surface area (Å²) >= 11 is 1.27. The average molecular weight is 417 g/mol. The van der Waals surface area contributed by atoms with Crippen molar-refractivity contribution in [2.75, 3.05) is 5.75 Å². The smallest absolute Gasteiger partial charge is 0.316 e. The average Bonchev–Trinajstić information content (AvgIpc) is 3.22. The molecular weight excluding hydrogens is 398 g/mol. The summed E-state index contributed by atoms with van der Waals surface area (Å²) in [5.74, 6) is 0.604. The molecule has 1 aromatic heterocycles. The molecular formula is C23H19N3O3S. The van der Waals surface area contributed by atoms with Crippen LogP contribution < -0.4 is 0 Å². The zero-order chi connectivity index (χ0) is 20.8. The highest BCUT2D eigenvalue weighted by Gasteiger charge is 2.17. The van der Waals surface area contributed by atoms with Crippen LogP contribution in [-0.2, 0) is 16.1 Å². The summed E-state index contributed by atoms with van der Waals surface area (Å²) in [6.07, 6.45) is 0. The molecule has 3 aromatic carbocycles. The van der Waals surface area contributed by atoms with E-state index < -0.39 is 0 Å². The van der Waals surface area contributed by atoms with Crippen molar-refractivity contribution >= 4 is 17.7 Å². The summed E-state index contributed by atoms with van der Waals surface area (Å²) in [6, 6.07) is 26.0. The van der Waals surface area contributed by atoms with Crippen molar-refractivity contribution in [3.05, 3.63) is 90.5 Å². The molecule has 0 fully saturated rings. The number of nitrogens with zero attached hydrogens (tertiary/aromatic N) is 3. The lowest BCUT2D eigenvalue weighted by Gasteiger charge is -2.10. The van der Waals surface area contributed by atoms with Crippen LogP contribution in [0.15, 0.2) is 90.1 Å². The summed E-state index contributed by atoms with van der Waals surface area (Å²) in [7, 11) is 0. The Kier molecular flexibility index (Phi) is 6.10. The molecule has 0 bridgehead atoms. The highest BCUT2D eigenvalue weighted by Crippen LogP contribution is 2.28. The number of hydrogen-bond acceptors (Lipinski definition) is 6. The highest BCUT2D eigenvalue weighted by molar-refractivity contribution is 7.99. The van der Waals surface area contributed by atoms with Gasteiger partial charge in [0.05, 0.1) is 5.75 Å². The first kappa shape index (κ1) is 19.7. The monoisotopic (exact) mass is 417 g/mol. The number of para-hydroxylation sites is 1. The fraction of sp³-hybridized carbons (Fsp3) is 0.0870. The summed E-state index contributed by atoms with van der Waals surface area (Å²) in [5.41, 5.74) is 2.63. The van der Waals surface area contributed by atoms with E-state index in [2.05, 4.69) is 10.2 Å². The van der Waals surface area contributed by atoms with Gasteiger partial charge in [0.1, 0.15) is 12.4 Å². The van der Waals surface area contributed by atoms with Gasteiger partial charge >= 0.3 is 5.97 Å². The van der Waals surface area contributed by atoms with Crippen molar-refractivity contribution in [2.24, 2.45) is 0 Å². The molecule has 1 heterocycles. The molecule has 0 saturated heterocycles. The number of carbonyl (C=O) groups excluding carboxylic acids is 1.